The van der Waals surface area contributed by atoms with Gasteiger partial charge in [-0.1, -0.05) is 18.2 Å². The van der Waals surface area contributed by atoms with Gasteiger partial charge in [0.05, 0.1) is 6.21 Å². The van der Waals surface area contributed by atoms with Crippen molar-refractivity contribution < 1.29 is 0 Å². The van der Waals surface area contributed by atoms with E-state index in [4.69, 9.17) is 5.84 Å². The van der Waals surface area contributed by atoms with Crippen molar-refractivity contribution in [2.75, 3.05) is 11.3 Å². The van der Waals surface area contributed by atoms with Crippen molar-refractivity contribution >= 4 is 12.2 Å². The van der Waals surface area contributed by atoms with Crippen LogP contribution in [-0.4, -0.2) is 21.1 Å². The van der Waals surface area contributed by atoms with E-state index in [9.17, 15) is 0 Å². The lowest BCUT2D eigenvalue weighted by molar-refractivity contribution is 0.988. The van der Waals surface area contributed by atoms with E-state index in [0.29, 0.717) is 5.95 Å². The fourth-order valence-electron chi connectivity index (χ4n) is 1.51. The van der Waals surface area contributed by atoms with Gasteiger partial charge < -0.3 is 5.84 Å². The largest absolute Gasteiger partial charge is 0.335 e. The lowest BCUT2D eigenvalue weighted by atomic mass is 10.0. The molecule has 0 unspecified atom stereocenters. The van der Waals surface area contributed by atoms with Gasteiger partial charge in [-0.15, -0.1) is 10.2 Å². The molecule has 0 aliphatic rings. The van der Waals surface area contributed by atoms with Crippen LogP contribution < -0.4 is 11.3 Å². The highest BCUT2D eigenvalue weighted by atomic mass is 15.5. The second-order valence-corrected chi connectivity index (χ2v) is 3.74. The number of hydrogen-bond acceptors (Lipinski definition) is 5. The highest BCUT2D eigenvalue weighted by molar-refractivity contribution is 5.84. The molecule has 0 aliphatic heterocycles. The van der Waals surface area contributed by atoms with E-state index in [1.54, 1.807) is 6.21 Å². The van der Waals surface area contributed by atoms with Crippen LogP contribution in [-0.2, 0) is 0 Å². The quantitative estimate of drug-likeness (QED) is 0.469. The van der Waals surface area contributed by atoms with E-state index < -0.39 is 0 Å². The second-order valence-electron chi connectivity index (χ2n) is 3.74. The zero-order valence-electron chi connectivity index (χ0n) is 9.75. The number of nitrogens with zero attached hydrogens (tertiary/aromatic N) is 4. The molecule has 88 valence electrons. The van der Waals surface area contributed by atoms with Crippen molar-refractivity contribution in [3.8, 4) is 0 Å². The lowest BCUT2D eigenvalue weighted by Crippen LogP contribution is -2.10. The van der Waals surface area contributed by atoms with Crippen LogP contribution in [0.4, 0.5) is 5.95 Å². The summed E-state index contributed by atoms with van der Waals surface area (Å²) in [6, 6.07) is 6.10. The van der Waals surface area contributed by atoms with Gasteiger partial charge in [-0.05, 0) is 25.0 Å². The number of hydrogen-bond donors (Lipinski definition) is 2. The molecular weight excluding hydrogens is 216 g/mol. The maximum absolute atomic E-state index is 5.54. The number of rotatable bonds is 3. The van der Waals surface area contributed by atoms with Gasteiger partial charge in [-0.3, -0.25) is 0 Å². The van der Waals surface area contributed by atoms with Gasteiger partial charge in [0, 0.05) is 5.56 Å². The molecule has 17 heavy (non-hydrogen) atoms. The van der Waals surface area contributed by atoms with Gasteiger partial charge >= 0.3 is 0 Å². The van der Waals surface area contributed by atoms with Crippen LogP contribution in [0.5, 0.6) is 0 Å². The Morgan fingerprint density at radius 2 is 2.06 bits per heavy atom. The monoisotopic (exact) mass is 230 g/mol. The van der Waals surface area contributed by atoms with Crippen LogP contribution in [0.25, 0.3) is 0 Å². The van der Waals surface area contributed by atoms with Crippen LogP contribution in [0.15, 0.2) is 29.6 Å². The van der Waals surface area contributed by atoms with Gasteiger partial charge in [-0.2, -0.15) is 5.10 Å². The van der Waals surface area contributed by atoms with Gasteiger partial charge in [0.1, 0.15) is 6.33 Å². The Hall–Kier alpha value is -2.37. The van der Waals surface area contributed by atoms with Crippen LogP contribution in [0.3, 0.4) is 0 Å². The Balaban J connectivity index is 2.14. The SMILES string of the molecule is Cc1cccc(C)c1C=NNc1nncn1N. The average Bonchev–Trinajstić information content (AvgIpc) is 2.69. The molecule has 6 heteroatoms. The molecule has 0 spiro atoms. The number of benzene rings is 1. The van der Waals surface area contributed by atoms with E-state index in [0.717, 1.165) is 5.56 Å². The van der Waals surface area contributed by atoms with Crippen molar-refractivity contribution in [3.05, 3.63) is 41.2 Å². The minimum Gasteiger partial charge on any atom is -0.335 e. The van der Waals surface area contributed by atoms with Crippen LogP contribution in [0.1, 0.15) is 16.7 Å². The van der Waals surface area contributed by atoms with E-state index >= 15 is 0 Å². The molecule has 1 aromatic carbocycles. The first-order valence-corrected chi connectivity index (χ1v) is 5.19. The predicted octanol–water partition coefficient (Wildman–Crippen LogP) is 1.05. The molecule has 0 radical (unpaired) electrons. The topological polar surface area (TPSA) is 81.1 Å². The smallest absolute Gasteiger partial charge is 0.263 e. The Bertz CT molecular complexity index is 522. The molecule has 1 heterocycles. The number of anilines is 1. The highest BCUT2D eigenvalue weighted by Crippen LogP contribution is 2.10. The number of aromatic nitrogens is 3. The van der Waals surface area contributed by atoms with Crippen LogP contribution >= 0.6 is 0 Å². The zero-order chi connectivity index (χ0) is 12.3. The average molecular weight is 230 g/mol. The first-order valence-electron chi connectivity index (χ1n) is 5.19. The summed E-state index contributed by atoms with van der Waals surface area (Å²) < 4.78 is 1.27. The summed E-state index contributed by atoms with van der Waals surface area (Å²) in [5, 5.41) is 11.5. The van der Waals surface area contributed by atoms with E-state index in [2.05, 4.69) is 20.7 Å². The lowest BCUT2D eigenvalue weighted by Gasteiger charge is -2.03. The number of aryl methyl sites for hydroxylation is 2. The van der Waals surface area contributed by atoms with Crippen molar-refractivity contribution in [2.24, 2.45) is 5.10 Å². The Morgan fingerprint density at radius 1 is 1.35 bits per heavy atom. The van der Waals surface area contributed by atoms with Crippen molar-refractivity contribution in [1.29, 1.82) is 0 Å². The number of hydrazone groups is 1. The summed E-state index contributed by atoms with van der Waals surface area (Å²) in [5.74, 6) is 5.93. The molecule has 0 fully saturated rings. The summed E-state index contributed by atoms with van der Waals surface area (Å²) in [4.78, 5) is 0. The molecule has 0 saturated heterocycles. The minimum absolute atomic E-state index is 0.396. The third-order valence-corrected chi connectivity index (χ3v) is 2.47. The maximum atomic E-state index is 5.54. The van der Waals surface area contributed by atoms with Gasteiger partial charge in [-0.25, -0.2) is 10.1 Å². The molecule has 0 atom stereocenters. The number of nitrogens with one attached hydrogen (secondary N) is 1. The van der Waals surface area contributed by atoms with Crippen molar-refractivity contribution in [1.82, 2.24) is 14.9 Å². The maximum Gasteiger partial charge on any atom is 0.263 e. The molecule has 0 aliphatic carbocycles. The minimum atomic E-state index is 0.396. The molecule has 2 rings (SSSR count). The summed E-state index contributed by atoms with van der Waals surface area (Å²) in [6.45, 7) is 4.08. The standard InChI is InChI=1S/C11H14N6/c1-8-4-3-5-9(2)10(8)6-13-15-11-16-14-7-17(11)12/h3-7H,12H2,1-2H3,(H,15,16). The van der Waals surface area contributed by atoms with Crippen molar-refractivity contribution in [2.45, 2.75) is 13.8 Å². The summed E-state index contributed by atoms with van der Waals surface area (Å²) in [6.07, 6.45) is 3.15. The Kier molecular flexibility index (Phi) is 3.04. The fraction of sp³-hybridized carbons (Fsp3) is 0.182. The zero-order valence-corrected chi connectivity index (χ0v) is 9.75. The second kappa shape index (κ2) is 4.65. The van der Waals surface area contributed by atoms with Crippen LogP contribution in [0.2, 0.25) is 0 Å². The number of nitrogen functional groups attached to an aromatic ring is 1. The number of nitrogens with two attached hydrogens (primary N) is 1. The Morgan fingerprint density at radius 3 is 2.65 bits per heavy atom. The fourth-order valence-corrected chi connectivity index (χ4v) is 1.51. The summed E-state index contributed by atoms with van der Waals surface area (Å²) in [5.41, 5.74) is 6.16. The summed E-state index contributed by atoms with van der Waals surface area (Å²) >= 11 is 0. The molecule has 0 bridgehead atoms. The summed E-state index contributed by atoms with van der Waals surface area (Å²) in [7, 11) is 0. The van der Waals surface area contributed by atoms with E-state index in [1.807, 2.05) is 32.0 Å². The molecular formula is C11H14N6. The highest BCUT2D eigenvalue weighted by Gasteiger charge is 1.99. The van der Waals surface area contributed by atoms with Gasteiger partial charge in [0.15, 0.2) is 0 Å². The molecule has 0 amide bonds. The molecule has 3 N–H and O–H groups in total. The molecule has 6 nitrogen and oxygen atoms in total. The Labute approximate surface area is 99.1 Å². The third-order valence-electron chi connectivity index (χ3n) is 2.47. The van der Waals surface area contributed by atoms with Gasteiger partial charge in [0.25, 0.3) is 5.95 Å². The van der Waals surface area contributed by atoms with Crippen molar-refractivity contribution in [3.63, 3.8) is 0 Å². The normalized spacial score (nSPS) is 10.9. The predicted molar refractivity (Wildman–Crippen MR) is 67.3 cm³/mol. The molecule has 1 aromatic heterocycles. The first-order chi connectivity index (χ1) is 8.18. The third kappa shape index (κ3) is 2.41. The molecule has 2 aromatic rings. The first kappa shape index (κ1) is 11.1. The molecule has 0 saturated carbocycles. The van der Waals surface area contributed by atoms with E-state index in [1.165, 1.54) is 22.1 Å². The van der Waals surface area contributed by atoms with Crippen LogP contribution in [0, 0.1) is 13.8 Å². The van der Waals surface area contributed by atoms with E-state index in [-0.39, 0.29) is 0 Å². The van der Waals surface area contributed by atoms with Gasteiger partial charge in [0.2, 0.25) is 0 Å².